The standard InChI is InChI=1S/C17H14N2O4/c1-2-7-19-16(21)13-6-5-11(9-14(13)17(19)22)15(20)18-10-12-4-3-8-23-12/h2-6,8-9H,1,7,10H2,(H,18,20). The van der Waals surface area contributed by atoms with Gasteiger partial charge in [0.1, 0.15) is 5.76 Å². The summed E-state index contributed by atoms with van der Waals surface area (Å²) in [5.41, 5.74) is 0.860. The lowest BCUT2D eigenvalue weighted by atomic mass is 10.1. The van der Waals surface area contributed by atoms with Gasteiger partial charge >= 0.3 is 0 Å². The Morgan fingerprint density at radius 3 is 2.70 bits per heavy atom. The molecule has 1 N–H and O–H groups in total. The highest BCUT2D eigenvalue weighted by Gasteiger charge is 2.35. The van der Waals surface area contributed by atoms with Crippen LogP contribution in [0.3, 0.4) is 0 Å². The minimum Gasteiger partial charge on any atom is -0.467 e. The van der Waals surface area contributed by atoms with Crippen molar-refractivity contribution in [1.29, 1.82) is 0 Å². The van der Waals surface area contributed by atoms with Gasteiger partial charge in [-0.15, -0.1) is 6.58 Å². The molecule has 23 heavy (non-hydrogen) atoms. The Morgan fingerprint density at radius 1 is 1.22 bits per heavy atom. The topological polar surface area (TPSA) is 79.6 Å². The highest BCUT2D eigenvalue weighted by molar-refractivity contribution is 6.22. The highest BCUT2D eigenvalue weighted by Crippen LogP contribution is 2.24. The largest absolute Gasteiger partial charge is 0.467 e. The molecule has 3 rings (SSSR count). The molecule has 2 aromatic rings. The summed E-state index contributed by atoms with van der Waals surface area (Å²) in [6.45, 7) is 3.92. The monoisotopic (exact) mass is 310 g/mol. The lowest BCUT2D eigenvalue weighted by Gasteiger charge is -2.09. The third-order valence-electron chi connectivity index (χ3n) is 3.55. The third kappa shape index (κ3) is 2.66. The van der Waals surface area contributed by atoms with Crippen LogP contribution in [0.2, 0.25) is 0 Å². The second-order valence-electron chi connectivity index (χ2n) is 5.03. The summed E-state index contributed by atoms with van der Waals surface area (Å²) < 4.78 is 5.14. The van der Waals surface area contributed by atoms with Crippen LogP contribution in [0.4, 0.5) is 0 Å². The zero-order valence-electron chi connectivity index (χ0n) is 12.2. The van der Waals surface area contributed by atoms with Crippen molar-refractivity contribution in [3.63, 3.8) is 0 Å². The average molecular weight is 310 g/mol. The molecule has 6 nitrogen and oxygen atoms in total. The van der Waals surface area contributed by atoms with Crippen LogP contribution < -0.4 is 5.32 Å². The summed E-state index contributed by atoms with van der Waals surface area (Å²) in [5.74, 6) is -0.493. The van der Waals surface area contributed by atoms with Gasteiger partial charge in [0.15, 0.2) is 0 Å². The van der Waals surface area contributed by atoms with Crippen molar-refractivity contribution >= 4 is 17.7 Å². The molecule has 2 heterocycles. The van der Waals surface area contributed by atoms with Crippen molar-refractivity contribution < 1.29 is 18.8 Å². The number of hydrogen-bond acceptors (Lipinski definition) is 4. The maximum Gasteiger partial charge on any atom is 0.261 e. The number of benzene rings is 1. The van der Waals surface area contributed by atoms with E-state index in [-0.39, 0.29) is 30.5 Å². The summed E-state index contributed by atoms with van der Waals surface area (Å²) >= 11 is 0. The van der Waals surface area contributed by atoms with E-state index in [0.717, 1.165) is 4.90 Å². The summed E-state index contributed by atoms with van der Waals surface area (Å²) in [5, 5.41) is 2.70. The molecule has 3 amide bonds. The molecule has 0 saturated heterocycles. The molecule has 0 fully saturated rings. The van der Waals surface area contributed by atoms with E-state index in [4.69, 9.17) is 4.42 Å². The van der Waals surface area contributed by atoms with Crippen molar-refractivity contribution in [2.24, 2.45) is 0 Å². The van der Waals surface area contributed by atoms with Gasteiger partial charge < -0.3 is 9.73 Å². The number of furan rings is 1. The number of rotatable bonds is 5. The zero-order valence-corrected chi connectivity index (χ0v) is 12.2. The number of imide groups is 1. The van der Waals surface area contributed by atoms with Crippen LogP contribution in [-0.4, -0.2) is 29.2 Å². The van der Waals surface area contributed by atoms with Crippen molar-refractivity contribution in [2.45, 2.75) is 6.54 Å². The zero-order chi connectivity index (χ0) is 16.4. The SMILES string of the molecule is C=CCN1C(=O)c2ccc(C(=O)NCc3ccco3)cc2C1=O. The molecular weight excluding hydrogens is 296 g/mol. The van der Waals surface area contributed by atoms with E-state index in [1.165, 1.54) is 30.5 Å². The van der Waals surface area contributed by atoms with Crippen LogP contribution >= 0.6 is 0 Å². The van der Waals surface area contributed by atoms with E-state index in [9.17, 15) is 14.4 Å². The van der Waals surface area contributed by atoms with Crippen LogP contribution in [-0.2, 0) is 6.54 Å². The van der Waals surface area contributed by atoms with Crippen LogP contribution in [0.1, 0.15) is 36.8 Å². The molecule has 0 unspecified atom stereocenters. The highest BCUT2D eigenvalue weighted by atomic mass is 16.3. The Hall–Kier alpha value is -3.15. The fourth-order valence-electron chi connectivity index (χ4n) is 2.41. The second-order valence-corrected chi connectivity index (χ2v) is 5.03. The van der Waals surface area contributed by atoms with Crippen LogP contribution in [0.15, 0.2) is 53.7 Å². The van der Waals surface area contributed by atoms with Crippen molar-refractivity contribution in [2.75, 3.05) is 6.54 Å². The van der Waals surface area contributed by atoms with E-state index in [2.05, 4.69) is 11.9 Å². The molecule has 0 saturated carbocycles. The van der Waals surface area contributed by atoms with E-state index < -0.39 is 5.91 Å². The van der Waals surface area contributed by atoms with E-state index in [0.29, 0.717) is 16.9 Å². The minimum absolute atomic E-state index is 0.145. The maximum absolute atomic E-state index is 12.2. The summed E-state index contributed by atoms with van der Waals surface area (Å²) in [6, 6.07) is 7.95. The van der Waals surface area contributed by atoms with Gasteiger partial charge in [0.25, 0.3) is 17.7 Å². The molecule has 0 radical (unpaired) electrons. The Kier molecular flexibility index (Phi) is 3.80. The number of nitrogens with zero attached hydrogens (tertiary/aromatic N) is 1. The smallest absolute Gasteiger partial charge is 0.261 e. The molecule has 1 aliphatic rings. The normalized spacial score (nSPS) is 13.1. The van der Waals surface area contributed by atoms with Crippen LogP contribution in [0, 0.1) is 0 Å². The first-order chi connectivity index (χ1) is 11.1. The first-order valence-corrected chi connectivity index (χ1v) is 7.03. The van der Waals surface area contributed by atoms with Gasteiger partial charge in [0.2, 0.25) is 0 Å². The number of amides is 3. The van der Waals surface area contributed by atoms with Crippen molar-refractivity contribution in [3.8, 4) is 0 Å². The molecule has 6 heteroatoms. The van der Waals surface area contributed by atoms with Gasteiger partial charge in [-0.05, 0) is 30.3 Å². The van der Waals surface area contributed by atoms with Gasteiger partial charge in [0.05, 0.1) is 23.9 Å². The minimum atomic E-state index is -0.411. The summed E-state index contributed by atoms with van der Waals surface area (Å²) in [4.78, 5) is 37.6. The summed E-state index contributed by atoms with van der Waals surface area (Å²) in [6.07, 6.45) is 3.01. The van der Waals surface area contributed by atoms with Gasteiger partial charge in [-0.2, -0.15) is 0 Å². The fraction of sp³-hybridized carbons (Fsp3) is 0.118. The molecular formula is C17H14N2O4. The van der Waals surface area contributed by atoms with Gasteiger partial charge in [-0.1, -0.05) is 6.08 Å². The van der Waals surface area contributed by atoms with Crippen molar-refractivity contribution in [1.82, 2.24) is 10.2 Å². The first-order valence-electron chi connectivity index (χ1n) is 7.03. The molecule has 0 aliphatic carbocycles. The Labute approximate surface area is 132 Å². The van der Waals surface area contributed by atoms with Gasteiger partial charge in [-0.3, -0.25) is 19.3 Å². The van der Waals surface area contributed by atoms with E-state index in [1.54, 1.807) is 12.1 Å². The predicted molar refractivity (Wildman–Crippen MR) is 81.9 cm³/mol. The maximum atomic E-state index is 12.2. The number of fused-ring (bicyclic) bond motifs is 1. The molecule has 116 valence electrons. The predicted octanol–water partition coefficient (Wildman–Crippen LogP) is 1.99. The van der Waals surface area contributed by atoms with Gasteiger partial charge in [-0.25, -0.2) is 0 Å². The molecule has 0 bridgehead atoms. The fourth-order valence-corrected chi connectivity index (χ4v) is 2.41. The van der Waals surface area contributed by atoms with E-state index >= 15 is 0 Å². The molecule has 0 spiro atoms. The Balaban J connectivity index is 1.79. The molecule has 1 aliphatic heterocycles. The lowest BCUT2D eigenvalue weighted by Crippen LogP contribution is -2.29. The van der Waals surface area contributed by atoms with Crippen LogP contribution in [0.5, 0.6) is 0 Å². The number of nitrogens with one attached hydrogen (secondary N) is 1. The third-order valence-corrected chi connectivity index (χ3v) is 3.55. The quantitative estimate of drug-likeness (QED) is 0.676. The molecule has 1 aromatic heterocycles. The molecule has 0 atom stereocenters. The van der Waals surface area contributed by atoms with Crippen molar-refractivity contribution in [3.05, 3.63) is 71.7 Å². The first kappa shape index (κ1) is 14.8. The number of carbonyl (C=O) groups excluding carboxylic acids is 3. The average Bonchev–Trinajstić information content (AvgIpc) is 3.16. The summed E-state index contributed by atoms with van der Waals surface area (Å²) in [7, 11) is 0. The second kappa shape index (κ2) is 5.92. The number of hydrogen-bond donors (Lipinski definition) is 1. The Morgan fingerprint density at radius 2 is 2.00 bits per heavy atom. The van der Waals surface area contributed by atoms with Gasteiger partial charge in [0, 0.05) is 12.1 Å². The lowest BCUT2D eigenvalue weighted by molar-refractivity contribution is 0.0672. The van der Waals surface area contributed by atoms with E-state index in [1.807, 2.05) is 0 Å². The molecule has 1 aromatic carbocycles. The number of carbonyl (C=O) groups is 3. The Bertz CT molecular complexity index is 793. The van der Waals surface area contributed by atoms with Crippen LogP contribution in [0.25, 0.3) is 0 Å².